The molecule has 2 aliphatic rings. The molecule has 2 nitrogen and oxygen atoms in total. The summed E-state index contributed by atoms with van der Waals surface area (Å²) >= 11 is 0. The highest BCUT2D eigenvalue weighted by atomic mass is 15.0. The molecule has 0 saturated carbocycles. The molecule has 2 heterocycles. The van der Waals surface area contributed by atoms with Crippen molar-refractivity contribution in [1.29, 1.82) is 0 Å². The van der Waals surface area contributed by atoms with E-state index in [1.165, 1.54) is 111 Å². The van der Waals surface area contributed by atoms with Gasteiger partial charge in [0.2, 0.25) is 0 Å². The highest BCUT2D eigenvalue weighted by Gasteiger charge is 2.47. The van der Waals surface area contributed by atoms with E-state index in [1.807, 2.05) is 0 Å². The summed E-state index contributed by atoms with van der Waals surface area (Å²) in [6.07, 6.45) is 0. The summed E-state index contributed by atoms with van der Waals surface area (Å²) in [5, 5.41) is 5.16. The van der Waals surface area contributed by atoms with Crippen LogP contribution in [0.1, 0.15) is 47.2 Å². The van der Waals surface area contributed by atoms with Gasteiger partial charge in [0.25, 0.3) is 0 Å². The molecule has 0 unspecified atom stereocenters. The van der Waals surface area contributed by atoms with Crippen LogP contribution in [0.25, 0.3) is 77.2 Å². The molecule has 60 heavy (non-hydrogen) atoms. The van der Waals surface area contributed by atoms with E-state index in [9.17, 15) is 0 Å². The number of benzene rings is 9. The largest absolute Gasteiger partial charge is 0.309 e. The number of hydrogen-bond donors (Lipinski definition) is 0. The number of nitrogens with zero attached hydrogens (tertiary/aromatic N) is 2. The Morgan fingerprint density at radius 2 is 0.850 bits per heavy atom. The normalized spacial score (nSPS) is 14.4. The van der Waals surface area contributed by atoms with Gasteiger partial charge < -0.3 is 9.13 Å². The summed E-state index contributed by atoms with van der Waals surface area (Å²) in [6.45, 7) is 4.88. The van der Waals surface area contributed by atoms with Gasteiger partial charge in [0, 0.05) is 43.9 Å². The molecular formula is C58H40N2. The average molecular weight is 765 g/mol. The third-order valence-corrected chi connectivity index (χ3v) is 13.9. The third kappa shape index (κ3) is 4.13. The van der Waals surface area contributed by atoms with E-state index in [-0.39, 0.29) is 5.41 Å². The molecule has 0 radical (unpaired) electrons. The van der Waals surface area contributed by atoms with Crippen LogP contribution in [0.2, 0.25) is 0 Å². The molecule has 0 N–H and O–H groups in total. The molecule has 9 aromatic carbocycles. The Morgan fingerprint density at radius 1 is 0.367 bits per heavy atom. The van der Waals surface area contributed by atoms with E-state index in [4.69, 9.17) is 0 Å². The van der Waals surface area contributed by atoms with Gasteiger partial charge in [-0.15, -0.1) is 0 Å². The van der Waals surface area contributed by atoms with E-state index < -0.39 is 5.41 Å². The minimum atomic E-state index is -0.503. The van der Waals surface area contributed by atoms with Gasteiger partial charge in [-0.3, -0.25) is 0 Å². The zero-order valence-electron chi connectivity index (χ0n) is 33.5. The number of aromatic nitrogens is 2. The molecule has 0 bridgehead atoms. The zero-order valence-corrected chi connectivity index (χ0v) is 33.5. The minimum absolute atomic E-state index is 0.284. The van der Waals surface area contributed by atoms with Crippen molar-refractivity contribution >= 4 is 43.6 Å². The topological polar surface area (TPSA) is 9.86 Å². The van der Waals surface area contributed by atoms with Gasteiger partial charge in [-0.25, -0.2) is 0 Å². The monoisotopic (exact) mass is 764 g/mol. The Balaban J connectivity index is 1.24. The van der Waals surface area contributed by atoms with Crippen LogP contribution in [0.4, 0.5) is 0 Å². The van der Waals surface area contributed by atoms with Gasteiger partial charge in [0.05, 0.1) is 27.5 Å². The van der Waals surface area contributed by atoms with Crippen molar-refractivity contribution in [2.45, 2.75) is 24.7 Å². The van der Waals surface area contributed by atoms with E-state index >= 15 is 0 Å². The Bertz CT molecular complexity index is 3510. The first kappa shape index (κ1) is 33.5. The summed E-state index contributed by atoms with van der Waals surface area (Å²) in [7, 11) is 0. The molecule has 0 spiro atoms. The van der Waals surface area contributed by atoms with Crippen LogP contribution in [0, 0.1) is 0 Å². The van der Waals surface area contributed by atoms with E-state index in [0.717, 1.165) is 0 Å². The van der Waals surface area contributed by atoms with E-state index in [0.29, 0.717) is 0 Å². The van der Waals surface area contributed by atoms with Crippen LogP contribution in [0.3, 0.4) is 0 Å². The van der Waals surface area contributed by atoms with Crippen molar-refractivity contribution in [2.75, 3.05) is 0 Å². The number of rotatable bonds is 4. The summed E-state index contributed by atoms with van der Waals surface area (Å²) in [5.41, 5.74) is 19.7. The van der Waals surface area contributed by atoms with Gasteiger partial charge >= 0.3 is 0 Å². The maximum Gasteiger partial charge on any atom is 0.0714 e. The van der Waals surface area contributed by atoms with Crippen molar-refractivity contribution in [3.05, 3.63) is 240 Å². The molecule has 11 aromatic rings. The second-order valence-electron chi connectivity index (χ2n) is 17.2. The summed E-state index contributed by atoms with van der Waals surface area (Å²) < 4.78 is 5.16. The fourth-order valence-electron chi connectivity index (χ4n) is 11.6. The van der Waals surface area contributed by atoms with Crippen molar-refractivity contribution in [2.24, 2.45) is 0 Å². The second-order valence-corrected chi connectivity index (χ2v) is 17.2. The lowest BCUT2D eigenvalue weighted by Crippen LogP contribution is -2.28. The summed E-state index contributed by atoms with van der Waals surface area (Å²) in [5.74, 6) is 0. The molecular weight excluding hydrogens is 725 g/mol. The maximum atomic E-state index is 2.62. The second kappa shape index (κ2) is 12.1. The van der Waals surface area contributed by atoms with Crippen LogP contribution in [0.15, 0.2) is 206 Å². The lowest BCUT2D eigenvalue weighted by atomic mass is 9.67. The van der Waals surface area contributed by atoms with Crippen LogP contribution in [-0.2, 0) is 10.8 Å². The van der Waals surface area contributed by atoms with E-state index in [2.05, 4.69) is 229 Å². The average Bonchev–Trinajstić information content (AvgIpc) is 3.99. The lowest BCUT2D eigenvalue weighted by Gasteiger charge is -2.34. The predicted molar refractivity (Wildman–Crippen MR) is 250 cm³/mol. The van der Waals surface area contributed by atoms with Crippen LogP contribution < -0.4 is 0 Å². The van der Waals surface area contributed by atoms with Gasteiger partial charge in [0.15, 0.2) is 0 Å². The first-order valence-corrected chi connectivity index (χ1v) is 21.1. The van der Waals surface area contributed by atoms with Crippen molar-refractivity contribution in [1.82, 2.24) is 9.13 Å². The molecule has 2 aromatic heterocycles. The van der Waals surface area contributed by atoms with Gasteiger partial charge in [0.1, 0.15) is 0 Å². The molecule has 282 valence electrons. The molecule has 2 aliphatic carbocycles. The fourth-order valence-corrected chi connectivity index (χ4v) is 11.6. The first-order valence-electron chi connectivity index (χ1n) is 21.1. The first-order chi connectivity index (χ1) is 29.6. The molecule has 0 amide bonds. The third-order valence-electron chi connectivity index (χ3n) is 13.9. The lowest BCUT2D eigenvalue weighted by molar-refractivity contribution is 0.664. The van der Waals surface area contributed by atoms with Crippen LogP contribution >= 0.6 is 0 Å². The Labute approximate surface area is 349 Å². The standard InChI is InChI=1S/C58H40N2/c1-57(2)46-30-16-13-27-43(46)53-54(57)56-52(51-44-28-14-18-32-49(44)59(55(51)53)39-24-10-5-11-25-39)45-29-15-19-33-50(45)60(56)40-34-35-42-41-26-12-17-31-47(41)58(48(42)36-40,37-20-6-3-7-21-37)38-22-8-4-9-23-38/h3-36H,1-2H3. The van der Waals surface area contributed by atoms with Crippen molar-refractivity contribution in [3.63, 3.8) is 0 Å². The Kier molecular flexibility index (Phi) is 6.74. The molecule has 0 saturated heterocycles. The molecule has 0 fully saturated rings. The molecule has 0 atom stereocenters. The number of para-hydroxylation sites is 3. The zero-order chi connectivity index (χ0) is 39.7. The van der Waals surface area contributed by atoms with Crippen LogP contribution in [-0.4, -0.2) is 9.13 Å². The minimum Gasteiger partial charge on any atom is -0.309 e. The Morgan fingerprint density at radius 3 is 1.50 bits per heavy atom. The van der Waals surface area contributed by atoms with E-state index in [1.54, 1.807) is 0 Å². The van der Waals surface area contributed by atoms with Crippen LogP contribution in [0.5, 0.6) is 0 Å². The van der Waals surface area contributed by atoms with Crippen molar-refractivity contribution < 1.29 is 0 Å². The fraction of sp³-hybridized carbons (Fsp3) is 0.0690. The SMILES string of the molecule is CC1(C)c2ccccc2-c2c1c1c(c3ccccc3n1-c1ccc3c(c1)C(c1ccccc1)(c1ccccc1)c1ccccc1-3)c1c3ccccc3n(-c3ccccc3)c21. The molecule has 0 aliphatic heterocycles. The smallest absolute Gasteiger partial charge is 0.0714 e. The van der Waals surface area contributed by atoms with Gasteiger partial charge in [-0.05, 0) is 86.5 Å². The summed E-state index contributed by atoms with van der Waals surface area (Å²) in [4.78, 5) is 0. The molecule has 2 heteroatoms. The Hall–Kier alpha value is -7.42. The van der Waals surface area contributed by atoms with Gasteiger partial charge in [-0.1, -0.05) is 184 Å². The summed E-state index contributed by atoms with van der Waals surface area (Å²) in [6, 6.07) is 76.9. The van der Waals surface area contributed by atoms with Gasteiger partial charge in [-0.2, -0.15) is 0 Å². The molecule has 13 rings (SSSR count). The quantitative estimate of drug-likeness (QED) is 0.169. The highest BCUT2D eigenvalue weighted by Crippen LogP contribution is 2.60. The number of fused-ring (bicyclic) bond motifs is 15. The van der Waals surface area contributed by atoms with Crippen molar-refractivity contribution in [3.8, 4) is 33.6 Å². The number of hydrogen-bond acceptors (Lipinski definition) is 0. The maximum absolute atomic E-state index is 2.62. The highest BCUT2D eigenvalue weighted by molar-refractivity contribution is 6.33. The predicted octanol–water partition coefficient (Wildman–Crippen LogP) is 14.6.